The number of hydrogen-bond acceptors (Lipinski definition) is 3. The molecule has 1 amide bonds. The van der Waals surface area contributed by atoms with E-state index >= 15 is 0 Å². The van der Waals surface area contributed by atoms with Crippen LogP contribution in [0.3, 0.4) is 0 Å². The van der Waals surface area contributed by atoms with E-state index in [1.807, 2.05) is 0 Å². The van der Waals surface area contributed by atoms with Crippen molar-refractivity contribution in [2.45, 2.75) is 19.4 Å². The molecule has 88 valence electrons. The average Bonchev–Trinajstić information content (AvgIpc) is 2.29. The normalized spacial score (nSPS) is 11.3. The van der Waals surface area contributed by atoms with Crippen LogP contribution in [0.4, 0.5) is 5.69 Å². The van der Waals surface area contributed by atoms with Crippen molar-refractivity contribution in [1.29, 1.82) is 0 Å². The molecule has 0 spiro atoms. The predicted molar refractivity (Wildman–Crippen MR) is 63.2 cm³/mol. The monoisotopic (exact) mass is 232 g/mol. The maximum atomic E-state index is 11.5. The summed E-state index contributed by atoms with van der Waals surface area (Å²) in [5, 5.41) is 13.0. The first kappa shape index (κ1) is 12.7. The minimum absolute atomic E-state index is 0.00570. The zero-order valence-corrected chi connectivity index (χ0v) is 9.34. The Bertz CT molecular complexity index is 460. The highest BCUT2D eigenvalue weighted by atomic mass is 16.6. The molecule has 1 aromatic rings. The van der Waals surface area contributed by atoms with Gasteiger partial charge in [-0.05, 0) is 12.5 Å². The van der Waals surface area contributed by atoms with Crippen LogP contribution < -0.4 is 5.32 Å². The van der Waals surface area contributed by atoms with E-state index in [0.29, 0.717) is 5.56 Å². The molecule has 0 aromatic heterocycles. The first-order valence-corrected chi connectivity index (χ1v) is 5.01. The molecule has 0 aliphatic rings. The van der Waals surface area contributed by atoms with Crippen molar-refractivity contribution in [3.05, 3.63) is 39.9 Å². The smallest absolute Gasteiger partial charge is 0.269 e. The summed E-state index contributed by atoms with van der Waals surface area (Å²) in [6.07, 6.45) is 5.28. The third-order valence-electron chi connectivity index (χ3n) is 2.14. The molecule has 5 nitrogen and oxygen atoms in total. The topological polar surface area (TPSA) is 72.2 Å². The molecular formula is C12H12N2O3. The van der Waals surface area contributed by atoms with Crippen LogP contribution in [0.1, 0.15) is 12.5 Å². The van der Waals surface area contributed by atoms with E-state index in [4.69, 9.17) is 6.42 Å². The van der Waals surface area contributed by atoms with Crippen LogP contribution in [-0.2, 0) is 11.2 Å². The lowest BCUT2D eigenvalue weighted by atomic mass is 10.1. The van der Waals surface area contributed by atoms with Gasteiger partial charge in [-0.1, -0.05) is 18.1 Å². The van der Waals surface area contributed by atoms with Gasteiger partial charge in [0.15, 0.2) is 0 Å². The lowest BCUT2D eigenvalue weighted by molar-refractivity contribution is -0.384. The van der Waals surface area contributed by atoms with E-state index in [-0.39, 0.29) is 24.1 Å². The second-order valence-electron chi connectivity index (χ2n) is 3.56. The number of benzene rings is 1. The van der Waals surface area contributed by atoms with Gasteiger partial charge in [0, 0.05) is 12.1 Å². The van der Waals surface area contributed by atoms with Crippen molar-refractivity contribution in [3.63, 3.8) is 0 Å². The zero-order valence-electron chi connectivity index (χ0n) is 9.34. The van der Waals surface area contributed by atoms with Crippen LogP contribution in [0, 0.1) is 22.5 Å². The van der Waals surface area contributed by atoms with E-state index in [2.05, 4.69) is 11.2 Å². The summed E-state index contributed by atoms with van der Waals surface area (Å²) >= 11 is 0. The molecule has 0 saturated carbocycles. The van der Waals surface area contributed by atoms with Crippen LogP contribution in [0.2, 0.25) is 0 Å². The molecule has 0 saturated heterocycles. The molecule has 0 radical (unpaired) electrons. The summed E-state index contributed by atoms with van der Waals surface area (Å²) in [6.45, 7) is 1.70. The molecule has 17 heavy (non-hydrogen) atoms. The molecule has 0 heterocycles. The van der Waals surface area contributed by atoms with Crippen molar-refractivity contribution in [3.8, 4) is 12.3 Å². The Morgan fingerprint density at radius 2 is 2.12 bits per heavy atom. The van der Waals surface area contributed by atoms with Gasteiger partial charge in [-0.2, -0.15) is 0 Å². The third kappa shape index (κ3) is 3.95. The van der Waals surface area contributed by atoms with E-state index in [1.165, 1.54) is 12.1 Å². The molecule has 1 atom stereocenters. The number of carbonyl (C=O) groups is 1. The molecule has 1 rings (SSSR count). The van der Waals surface area contributed by atoms with E-state index in [0.717, 1.165) is 0 Å². The summed E-state index contributed by atoms with van der Waals surface area (Å²) in [4.78, 5) is 21.4. The summed E-state index contributed by atoms with van der Waals surface area (Å²) in [5.74, 6) is 2.18. The Morgan fingerprint density at radius 3 is 2.59 bits per heavy atom. The fourth-order valence-corrected chi connectivity index (χ4v) is 1.26. The van der Waals surface area contributed by atoms with Gasteiger partial charge in [0.2, 0.25) is 5.91 Å². The number of nitro benzene ring substituents is 1. The molecule has 1 N–H and O–H groups in total. The number of nitrogens with zero attached hydrogens (tertiary/aromatic N) is 1. The highest BCUT2D eigenvalue weighted by Gasteiger charge is 2.08. The van der Waals surface area contributed by atoms with E-state index < -0.39 is 4.92 Å². The largest absolute Gasteiger partial charge is 0.342 e. The Morgan fingerprint density at radius 1 is 1.53 bits per heavy atom. The van der Waals surface area contributed by atoms with Gasteiger partial charge in [-0.25, -0.2) is 0 Å². The second-order valence-corrected chi connectivity index (χ2v) is 3.56. The highest BCUT2D eigenvalue weighted by Crippen LogP contribution is 2.12. The Kier molecular flexibility index (Phi) is 4.23. The average molecular weight is 232 g/mol. The number of terminal acetylenes is 1. The minimum Gasteiger partial charge on any atom is -0.342 e. The van der Waals surface area contributed by atoms with E-state index in [1.54, 1.807) is 19.1 Å². The molecular weight excluding hydrogens is 220 g/mol. The fraction of sp³-hybridized carbons (Fsp3) is 0.250. The molecule has 1 unspecified atom stereocenters. The number of amides is 1. The fourth-order valence-electron chi connectivity index (χ4n) is 1.26. The molecule has 1 aromatic carbocycles. The molecule has 0 fully saturated rings. The summed E-state index contributed by atoms with van der Waals surface area (Å²) in [5.41, 5.74) is 0.712. The maximum absolute atomic E-state index is 11.5. The number of hydrogen-bond donors (Lipinski definition) is 1. The lowest BCUT2D eigenvalue weighted by Gasteiger charge is -2.07. The molecule has 0 aliphatic heterocycles. The van der Waals surface area contributed by atoms with Gasteiger partial charge in [-0.15, -0.1) is 6.42 Å². The van der Waals surface area contributed by atoms with Crippen LogP contribution in [0.5, 0.6) is 0 Å². The van der Waals surface area contributed by atoms with Crippen molar-refractivity contribution < 1.29 is 9.72 Å². The van der Waals surface area contributed by atoms with Crippen LogP contribution in [0.15, 0.2) is 24.3 Å². The van der Waals surface area contributed by atoms with Gasteiger partial charge >= 0.3 is 0 Å². The quantitative estimate of drug-likeness (QED) is 0.482. The number of non-ortho nitro benzene ring substituents is 1. The standard InChI is InChI=1S/C12H12N2O3/c1-3-9(2)13-12(15)8-10-4-6-11(7-5-10)14(16)17/h1,4-7,9H,8H2,2H3,(H,13,15). The minimum atomic E-state index is -0.482. The lowest BCUT2D eigenvalue weighted by Crippen LogP contribution is -2.32. The number of carbonyl (C=O) groups excluding carboxylic acids is 1. The van der Waals surface area contributed by atoms with Crippen molar-refractivity contribution in [1.82, 2.24) is 5.32 Å². The molecule has 5 heteroatoms. The van der Waals surface area contributed by atoms with Crippen LogP contribution in [-0.4, -0.2) is 16.9 Å². The van der Waals surface area contributed by atoms with E-state index in [9.17, 15) is 14.9 Å². The SMILES string of the molecule is C#CC(C)NC(=O)Cc1ccc([N+](=O)[O-])cc1. The highest BCUT2D eigenvalue weighted by molar-refractivity contribution is 5.79. The van der Waals surface area contributed by atoms with Gasteiger partial charge in [-0.3, -0.25) is 14.9 Å². The summed E-state index contributed by atoms with van der Waals surface area (Å²) in [7, 11) is 0. The van der Waals surface area contributed by atoms with Gasteiger partial charge in [0.25, 0.3) is 5.69 Å². The van der Waals surface area contributed by atoms with Gasteiger partial charge in [0.1, 0.15) is 0 Å². The predicted octanol–water partition coefficient (Wildman–Crippen LogP) is 1.28. The van der Waals surface area contributed by atoms with Crippen LogP contribution >= 0.6 is 0 Å². The third-order valence-corrected chi connectivity index (χ3v) is 2.14. The number of rotatable bonds is 4. The first-order valence-electron chi connectivity index (χ1n) is 5.01. The first-order chi connectivity index (χ1) is 8.02. The van der Waals surface area contributed by atoms with Gasteiger partial charge < -0.3 is 5.32 Å². The Hall–Kier alpha value is -2.35. The molecule has 0 aliphatic carbocycles. The maximum Gasteiger partial charge on any atom is 0.269 e. The second kappa shape index (κ2) is 5.66. The van der Waals surface area contributed by atoms with Crippen molar-refractivity contribution in [2.24, 2.45) is 0 Å². The van der Waals surface area contributed by atoms with Crippen LogP contribution in [0.25, 0.3) is 0 Å². The Balaban J connectivity index is 2.61. The number of nitro groups is 1. The zero-order chi connectivity index (χ0) is 12.8. The summed E-state index contributed by atoms with van der Waals surface area (Å²) in [6, 6.07) is 5.53. The molecule has 0 bridgehead atoms. The summed E-state index contributed by atoms with van der Waals surface area (Å²) < 4.78 is 0. The van der Waals surface area contributed by atoms with Crippen molar-refractivity contribution in [2.75, 3.05) is 0 Å². The van der Waals surface area contributed by atoms with Crippen molar-refractivity contribution >= 4 is 11.6 Å². The van der Waals surface area contributed by atoms with Gasteiger partial charge in [0.05, 0.1) is 17.4 Å². The number of nitrogens with one attached hydrogen (secondary N) is 1. The Labute approximate surface area is 99.0 Å².